The Morgan fingerprint density at radius 1 is 1.20 bits per heavy atom. The standard InChI is InChI=1S/C19H24N4O2/c1-13-19-21-20-17(12-25-2)23(19)8-7-22(13)18(24)11-14-9-15-5-3-4-6-16(15)10-14/h3-6,13-14H,7-12H2,1-2H3. The normalized spacial score (nSPS) is 19.8. The maximum atomic E-state index is 12.9. The number of hydrogen-bond donors (Lipinski definition) is 0. The molecule has 132 valence electrons. The third-order valence-electron chi connectivity index (χ3n) is 5.45. The van der Waals surface area contributed by atoms with E-state index in [2.05, 4.69) is 39.0 Å². The molecule has 1 amide bonds. The molecule has 1 aromatic heterocycles. The van der Waals surface area contributed by atoms with E-state index >= 15 is 0 Å². The highest BCUT2D eigenvalue weighted by Crippen LogP contribution is 2.31. The SMILES string of the molecule is COCc1nnc2n1CCN(C(=O)CC1Cc3ccccc3C1)C2C. The van der Waals surface area contributed by atoms with Crippen LogP contribution in [0.5, 0.6) is 0 Å². The third-order valence-corrected chi connectivity index (χ3v) is 5.45. The molecule has 0 N–H and O–H groups in total. The smallest absolute Gasteiger partial charge is 0.223 e. The van der Waals surface area contributed by atoms with Gasteiger partial charge in [0, 0.05) is 26.6 Å². The zero-order valence-corrected chi connectivity index (χ0v) is 14.8. The van der Waals surface area contributed by atoms with Crippen LogP contribution in [0, 0.1) is 5.92 Å². The quantitative estimate of drug-likeness (QED) is 0.855. The zero-order chi connectivity index (χ0) is 17.4. The first-order chi connectivity index (χ1) is 12.2. The average molecular weight is 340 g/mol. The molecule has 0 bridgehead atoms. The van der Waals surface area contributed by atoms with Crippen LogP contribution in [0.2, 0.25) is 0 Å². The summed E-state index contributed by atoms with van der Waals surface area (Å²) in [6.45, 7) is 3.94. The lowest BCUT2D eigenvalue weighted by Crippen LogP contribution is -2.42. The Morgan fingerprint density at radius 2 is 1.92 bits per heavy atom. The molecule has 0 fully saturated rings. The van der Waals surface area contributed by atoms with Gasteiger partial charge >= 0.3 is 0 Å². The van der Waals surface area contributed by atoms with E-state index in [0.717, 1.165) is 31.0 Å². The minimum absolute atomic E-state index is 0.0388. The lowest BCUT2D eigenvalue weighted by atomic mass is 10.0. The number of fused-ring (bicyclic) bond motifs is 2. The van der Waals surface area contributed by atoms with Gasteiger partial charge in [-0.15, -0.1) is 10.2 Å². The van der Waals surface area contributed by atoms with Gasteiger partial charge in [0.25, 0.3) is 0 Å². The zero-order valence-electron chi connectivity index (χ0n) is 14.8. The van der Waals surface area contributed by atoms with Crippen LogP contribution in [0.1, 0.15) is 42.2 Å². The number of rotatable bonds is 4. The van der Waals surface area contributed by atoms with Crippen LogP contribution in [0.3, 0.4) is 0 Å². The second-order valence-corrected chi connectivity index (χ2v) is 7.07. The maximum absolute atomic E-state index is 12.9. The monoisotopic (exact) mass is 340 g/mol. The molecule has 0 saturated heterocycles. The molecule has 1 aliphatic heterocycles. The fourth-order valence-electron chi connectivity index (χ4n) is 4.18. The molecule has 1 aliphatic carbocycles. The minimum Gasteiger partial charge on any atom is -0.377 e. The van der Waals surface area contributed by atoms with Crippen LogP contribution < -0.4 is 0 Å². The fourth-order valence-corrected chi connectivity index (χ4v) is 4.18. The van der Waals surface area contributed by atoms with Gasteiger partial charge in [0.05, 0.1) is 6.04 Å². The molecule has 0 radical (unpaired) electrons. The van der Waals surface area contributed by atoms with Crippen molar-refractivity contribution in [3.63, 3.8) is 0 Å². The molecule has 2 aliphatic rings. The van der Waals surface area contributed by atoms with Gasteiger partial charge in [-0.05, 0) is 36.8 Å². The van der Waals surface area contributed by atoms with E-state index in [-0.39, 0.29) is 11.9 Å². The van der Waals surface area contributed by atoms with Gasteiger partial charge in [0.1, 0.15) is 6.61 Å². The number of amides is 1. The van der Waals surface area contributed by atoms with Crippen molar-refractivity contribution < 1.29 is 9.53 Å². The Labute approximate surface area is 147 Å². The summed E-state index contributed by atoms with van der Waals surface area (Å²) < 4.78 is 7.26. The summed E-state index contributed by atoms with van der Waals surface area (Å²) in [5.41, 5.74) is 2.80. The molecule has 1 aromatic carbocycles. The van der Waals surface area contributed by atoms with Crippen molar-refractivity contribution in [2.24, 2.45) is 5.92 Å². The summed E-state index contributed by atoms with van der Waals surface area (Å²) in [4.78, 5) is 14.9. The Kier molecular flexibility index (Phi) is 4.29. The van der Waals surface area contributed by atoms with Crippen LogP contribution in [-0.2, 0) is 35.5 Å². The van der Waals surface area contributed by atoms with Gasteiger partial charge in [-0.3, -0.25) is 4.79 Å². The van der Waals surface area contributed by atoms with E-state index in [9.17, 15) is 4.79 Å². The van der Waals surface area contributed by atoms with Gasteiger partial charge < -0.3 is 14.2 Å². The number of benzene rings is 1. The van der Waals surface area contributed by atoms with Crippen molar-refractivity contribution in [3.8, 4) is 0 Å². The largest absolute Gasteiger partial charge is 0.377 e. The third kappa shape index (κ3) is 2.95. The lowest BCUT2D eigenvalue weighted by Gasteiger charge is -2.34. The van der Waals surface area contributed by atoms with Gasteiger partial charge in [-0.1, -0.05) is 24.3 Å². The summed E-state index contributed by atoms with van der Waals surface area (Å²) in [6, 6.07) is 8.50. The molecule has 25 heavy (non-hydrogen) atoms. The summed E-state index contributed by atoms with van der Waals surface area (Å²) in [6.07, 6.45) is 2.63. The predicted molar refractivity (Wildman–Crippen MR) is 92.8 cm³/mol. The van der Waals surface area contributed by atoms with Crippen LogP contribution in [0.15, 0.2) is 24.3 Å². The van der Waals surface area contributed by atoms with Gasteiger partial charge in [0.2, 0.25) is 5.91 Å². The van der Waals surface area contributed by atoms with Gasteiger partial charge in [-0.2, -0.15) is 0 Å². The molecule has 2 aromatic rings. The summed E-state index contributed by atoms with van der Waals surface area (Å²) in [7, 11) is 1.66. The van der Waals surface area contributed by atoms with Crippen molar-refractivity contribution in [1.29, 1.82) is 0 Å². The van der Waals surface area contributed by atoms with Crippen LogP contribution in [-0.4, -0.2) is 39.2 Å². The van der Waals surface area contributed by atoms with Crippen molar-refractivity contribution in [2.45, 2.75) is 45.4 Å². The van der Waals surface area contributed by atoms with Gasteiger partial charge in [-0.25, -0.2) is 0 Å². The second kappa shape index (κ2) is 6.59. The molecule has 4 rings (SSSR count). The Balaban J connectivity index is 1.43. The van der Waals surface area contributed by atoms with E-state index in [1.807, 2.05) is 11.8 Å². The minimum atomic E-state index is -0.0388. The van der Waals surface area contributed by atoms with Crippen molar-refractivity contribution >= 4 is 5.91 Å². The number of methoxy groups -OCH3 is 1. The number of carbonyl (C=O) groups is 1. The van der Waals surface area contributed by atoms with Crippen LogP contribution in [0.4, 0.5) is 0 Å². The summed E-state index contributed by atoms with van der Waals surface area (Å²) in [5, 5.41) is 8.50. The van der Waals surface area contributed by atoms with E-state index in [1.165, 1.54) is 11.1 Å². The van der Waals surface area contributed by atoms with Crippen molar-refractivity contribution in [2.75, 3.05) is 13.7 Å². The number of aromatic nitrogens is 3. The molecular weight excluding hydrogens is 316 g/mol. The summed E-state index contributed by atoms with van der Waals surface area (Å²) >= 11 is 0. The molecule has 6 nitrogen and oxygen atoms in total. The Hall–Kier alpha value is -2.21. The highest BCUT2D eigenvalue weighted by molar-refractivity contribution is 5.77. The molecule has 0 spiro atoms. The average Bonchev–Trinajstić information content (AvgIpc) is 3.19. The molecule has 2 heterocycles. The first-order valence-corrected chi connectivity index (χ1v) is 8.94. The van der Waals surface area contributed by atoms with E-state index in [4.69, 9.17) is 4.74 Å². The number of carbonyl (C=O) groups excluding carboxylic acids is 1. The number of hydrogen-bond acceptors (Lipinski definition) is 4. The highest BCUT2D eigenvalue weighted by Gasteiger charge is 2.33. The van der Waals surface area contributed by atoms with Crippen LogP contribution in [0.25, 0.3) is 0 Å². The first-order valence-electron chi connectivity index (χ1n) is 8.94. The Morgan fingerprint density at radius 3 is 2.60 bits per heavy atom. The first kappa shape index (κ1) is 16.3. The topological polar surface area (TPSA) is 60.3 Å². The van der Waals surface area contributed by atoms with Gasteiger partial charge in [0.15, 0.2) is 11.6 Å². The number of ether oxygens (including phenoxy) is 1. The summed E-state index contributed by atoms with van der Waals surface area (Å²) in [5.74, 6) is 2.35. The van der Waals surface area contributed by atoms with E-state index in [0.29, 0.717) is 25.5 Å². The number of nitrogens with zero attached hydrogens (tertiary/aromatic N) is 4. The second-order valence-electron chi connectivity index (χ2n) is 7.07. The molecule has 1 atom stereocenters. The maximum Gasteiger partial charge on any atom is 0.223 e. The van der Waals surface area contributed by atoms with Crippen molar-refractivity contribution in [3.05, 3.63) is 47.0 Å². The van der Waals surface area contributed by atoms with Crippen molar-refractivity contribution in [1.82, 2.24) is 19.7 Å². The van der Waals surface area contributed by atoms with Crippen LogP contribution >= 0.6 is 0 Å². The lowest BCUT2D eigenvalue weighted by molar-refractivity contribution is -0.135. The Bertz CT molecular complexity index is 760. The van der Waals surface area contributed by atoms with E-state index < -0.39 is 0 Å². The van der Waals surface area contributed by atoms with E-state index in [1.54, 1.807) is 7.11 Å². The molecule has 1 unspecified atom stereocenters. The highest BCUT2D eigenvalue weighted by atomic mass is 16.5. The molecule has 6 heteroatoms. The molecular formula is C19H24N4O2. The predicted octanol–water partition coefficient (Wildman–Crippen LogP) is 2.13. The molecule has 0 saturated carbocycles. The fraction of sp³-hybridized carbons (Fsp3) is 0.526.